The zero-order valence-electron chi connectivity index (χ0n) is 35.3. The standard InChI is InChI=1S/C60H39N3O/c1-60(2)52-24-11-10-20-47(52)48-22-12-23-49(56(48)60)59-62-57(37-14-4-3-5-15-37)61-58(63-59)38-28-26-36(27-29-38)41-21-13-25-54-55(41)51-35-40(31-33-53(51)64-54)39-30-32-46-44-18-7-6-16-42(44)43-17-8-9-19-45(43)50(46)34-39/h3-35H,1-2H3. The van der Waals surface area contributed by atoms with Crippen molar-refractivity contribution in [3.8, 4) is 67.5 Å². The SMILES string of the molecule is CC1(C)c2ccccc2-c2cccc(-c3nc(-c4ccccc4)nc(-c4ccc(-c5cccc6oc7ccc(-c8ccc9c%10ccccc%10c%10ccccc%10c9c8)cc7c56)cc4)n3)c21. The molecule has 0 atom stereocenters. The van der Waals surface area contributed by atoms with Crippen LogP contribution in [0.1, 0.15) is 25.0 Å². The Morgan fingerprint density at radius 2 is 0.828 bits per heavy atom. The van der Waals surface area contributed by atoms with Crippen molar-refractivity contribution < 1.29 is 4.42 Å². The van der Waals surface area contributed by atoms with Crippen molar-refractivity contribution in [2.24, 2.45) is 0 Å². The first kappa shape index (κ1) is 36.4. The molecule has 0 aliphatic heterocycles. The van der Waals surface area contributed by atoms with Gasteiger partial charge in [-0.25, -0.2) is 15.0 Å². The van der Waals surface area contributed by atoms with E-state index in [1.807, 2.05) is 18.2 Å². The average Bonchev–Trinajstić information content (AvgIpc) is 3.85. The van der Waals surface area contributed by atoms with Crippen LogP contribution in [0.2, 0.25) is 0 Å². The number of nitrogens with zero attached hydrogens (tertiary/aromatic N) is 3. The molecule has 0 spiro atoms. The lowest BCUT2D eigenvalue weighted by molar-refractivity contribution is 0.661. The number of benzene rings is 10. The second kappa shape index (κ2) is 13.9. The lowest BCUT2D eigenvalue weighted by atomic mass is 9.80. The first-order chi connectivity index (χ1) is 31.5. The first-order valence-electron chi connectivity index (χ1n) is 21.9. The lowest BCUT2D eigenvalue weighted by Gasteiger charge is -2.24. The first-order valence-corrected chi connectivity index (χ1v) is 21.9. The molecule has 0 saturated carbocycles. The summed E-state index contributed by atoms with van der Waals surface area (Å²) in [6.07, 6.45) is 0. The van der Waals surface area contributed by atoms with Crippen LogP contribution in [0.4, 0.5) is 0 Å². The Morgan fingerprint density at radius 1 is 0.328 bits per heavy atom. The van der Waals surface area contributed by atoms with Gasteiger partial charge in [0.05, 0.1) is 0 Å². The summed E-state index contributed by atoms with van der Waals surface area (Å²) >= 11 is 0. The molecule has 0 bridgehead atoms. The van der Waals surface area contributed by atoms with E-state index in [0.717, 1.165) is 55.3 Å². The van der Waals surface area contributed by atoms with Gasteiger partial charge in [-0.2, -0.15) is 0 Å². The fourth-order valence-electron chi connectivity index (χ4n) is 10.5. The second-order valence-electron chi connectivity index (χ2n) is 17.5. The molecule has 1 aliphatic rings. The Balaban J connectivity index is 0.917. The third kappa shape index (κ3) is 5.52. The topological polar surface area (TPSA) is 51.8 Å². The smallest absolute Gasteiger partial charge is 0.164 e. The highest BCUT2D eigenvalue weighted by Gasteiger charge is 2.38. The zero-order chi connectivity index (χ0) is 42.5. The van der Waals surface area contributed by atoms with Crippen LogP contribution in [0, 0.1) is 0 Å². The van der Waals surface area contributed by atoms with Crippen LogP contribution in [-0.4, -0.2) is 15.0 Å². The van der Waals surface area contributed by atoms with Gasteiger partial charge in [-0.3, -0.25) is 0 Å². The van der Waals surface area contributed by atoms with Gasteiger partial charge in [0.1, 0.15) is 11.2 Å². The Morgan fingerprint density at radius 3 is 1.56 bits per heavy atom. The molecule has 300 valence electrons. The zero-order valence-corrected chi connectivity index (χ0v) is 35.3. The molecule has 10 aromatic carbocycles. The molecule has 13 rings (SSSR count). The minimum Gasteiger partial charge on any atom is -0.456 e. The monoisotopic (exact) mass is 817 g/mol. The normalized spacial score (nSPS) is 13.0. The Bertz CT molecular complexity index is 3830. The van der Waals surface area contributed by atoms with E-state index >= 15 is 0 Å². The highest BCUT2D eigenvalue weighted by atomic mass is 16.3. The number of rotatable bonds is 5. The van der Waals surface area contributed by atoms with E-state index in [1.165, 1.54) is 60.1 Å². The predicted octanol–water partition coefficient (Wildman–Crippen LogP) is 15.9. The molecule has 12 aromatic rings. The van der Waals surface area contributed by atoms with Crippen molar-refractivity contribution in [3.05, 3.63) is 211 Å². The van der Waals surface area contributed by atoms with E-state index in [-0.39, 0.29) is 5.41 Å². The van der Waals surface area contributed by atoms with Crippen LogP contribution < -0.4 is 0 Å². The maximum absolute atomic E-state index is 6.52. The molecule has 0 amide bonds. The Labute approximate surface area is 370 Å². The number of aromatic nitrogens is 3. The molecule has 0 fully saturated rings. The highest BCUT2D eigenvalue weighted by Crippen LogP contribution is 2.52. The summed E-state index contributed by atoms with van der Waals surface area (Å²) in [5.74, 6) is 1.95. The summed E-state index contributed by atoms with van der Waals surface area (Å²) in [5.41, 5.74) is 14.0. The van der Waals surface area contributed by atoms with Crippen LogP contribution in [0.25, 0.3) is 122 Å². The van der Waals surface area contributed by atoms with E-state index in [4.69, 9.17) is 19.4 Å². The molecule has 1 aliphatic carbocycles. The van der Waals surface area contributed by atoms with Gasteiger partial charge >= 0.3 is 0 Å². The van der Waals surface area contributed by atoms with Gasteiger partial charge in [0.2, 0.25) is 0 Å². The lowest BCUT2D eigenvalue weighted by Crippen LogP contribution is -2.17. The molecule has 0 N–H and O–H groups in total. The van der Waals surface area contributed by atoms with Crippen molar-refractivity contribution in [1.82, 2.24) is 15.0 Å². The summed E-state index contributed by atoms with van der Waals surface area (Å²) in [5, 5.41) is 9.81. The molecule has 0 radical (unpaired) electrons. The van der Waals surface area contributed by atoms with Crippen LogP contribution in [-0.2, 0) is 5.41 Å². The molecular weight excluding hydrogens is 779 g/mol. The van der Waals surface area contributed by atoms with Crippen LogP contribution >= 0.6 is 0 Å². The third-order valence-electron chi connectivity index (χ3n) is 13.5. The average molecular weight is 818 g/mol. The van der Waals surface area contributed by atoms with Crippen molar-refractivity contribution in [3.63, 3.8) is 0 Å². The summed E-state index contributed by atoms with van der Waals surface area (Å²) in [6, 6.07) is 71.4. The molecule has 2 heterocycles. The van der Waals surface area contributed by atoms with Gasteiger partial charge in [-0.15, -0.1) is 0 Å². The fraction of sp³-hybridized carbons (Fsp3) is 0.0500. The Hall–Kier alpha value is -8.21. The second-order valence-corrected chi connectivity index (χ2v) is 17.5. The van der Waals surface area contributed by atoms with Crippen molar-refractivity contribution in [1.29, 1.82) is 0 Å². The van der Waals surface area contributed by atoms with E-state index in [1.54, 1.807) is 0 Å². The van der Waals surface area contributed by atoms with Gasteiger partial charge in [-0.1, -0.05) is 190 Å². The molecule has 0 unspecified atom stereocenters. The number of hydrogen-bond acceptors (Lipinski definition) is 4. The molecule has 4 heteroatoms. The van der Waals surface area contributed by atoms with Gasteiger partial charge in [0.25, 0.3) is 0 Å². The van der Waals surface area contributed by atoms with Crippen LogP contribution in [0.3, 0.4) is 0 Å². The summed E-state index contributed by atoms with van der Waals surface area (Å²) in [7, 11) is 0. The van der Waals surface area contributed by atoms with E-state index in [9.17, 15) is 0 Å². The molecule has 0 saturated heterocycles. The number of hydrogen-bond donors (Lipinski definition) is 0. The van der Waals surface area contributed by atoms with Crippen molar-refractivity contribution in [2.75, 3.05) is 0 Å². The van der Waals surface area contributed by atoms with Gasteiger partial charge < -0.3 is 4.42 Å². The molecule has 4 nitrogen and oxygen atoms in total. The fourth-order valence-corrected chi connectivity index (χ4v) is 10.5. The minimum absolute atomic E-state index is 0.220. The third-order valence-corrected chi connectivity index (χ3v) is 13.5. The van der Waals surface area contributed by atoms with Gasteiger partial charge in [-0.05, 0) is 101 Å². The highest BCUT2D eigenvalue weighted by molar-refractivity contribution is 6.26. The van der Waals surface area contributed by atoms with E-state index < -0.39 is 0 Å². The number of fused-ring (bicyclic) bond motifs is 12. The molecule has 64 heavy (non-hydrogen) atoms. The van der Waals surface area contributed by atoms with Crippen molar-refractivity contribution >= 4 is 54.3 Å². The van der Waals surface area contributed by atoms with Gasteiger partial charge in [0.15, 0.2) is 17.5 Å². The maximum Gasteiger partial charge on any atom is 0.164 e. The van der Waals surface area contributed by atoms with Crippen molar-refractivity contribution in [2.45, 2.75) is 19.3 Å². The summed E-state index contributed by atoms with van der Waals surface area (Å²) in [4.78, 5) is 15.5. The molecule has 2 aromatic heterocycles. The van der Waals surface area contributed by atoms with Crippen LogP contribution in [0.5, 0.6) is 0 Å². The quantitative estimate of drug-likeness (QED) is 0.162. The largest absolute Gasteiger partial charge is 0.456 e. The summed E-state index contributed by atoms with van der Waals surface area (Å²) in [6.45, 7) is 4.61. The van der Waals surface area contributed by atoms with E-state index in [0.29, 0.717) is 17.5 Å². The minimum atomic E-state index is -0.220. The summed E-state index contributed by atoms with van der Waals surface area (Å²) < 4.78 is 6.52. The number of furan rings is 1. The predicted molar refractivity (Wildman–Crippen MR) is 264 cm³/mol. The van der Waals surface area contributed by atoms with E-state index in [2.05, 4.69) is 196 Å². The van der Waals surface area contributed by atoms with Crippen LogP contribution in [0.15, 0.2) is 205 Å². The van der Waals surface area contributed by atoms with Gasteiger partial charge in [0, 0.05) is 32.9 Å². The maximum atomic E-state index is 6.52. The Kier molecular flexibility index (Phi) is 7.92. The molecular formula is C60H39N3O.